The summed E-state index contributed by atoms with van der Waals surface area (Å²) in [4.78, 5) is 24.3. The lowest BCUT2D eigenvalue weighted by Crippen LogP contribution is -2.24. The first-order chi connectivity index (χ1) is 12.0. The molecule has 25 heavy (non-hydrogen) atoms. The van der Waals surface area contributed by atoms with Crippen LogP contribution in [-0.4, -0.2) is 26.5 Å². The molecular formula is C18H22N4O2S. The number of fused-ring (bicyclic) bond motifs is 1. The van der Waals surface area contributed by atoms with Gasteiger partial charge in [0.2, 0.25) is 5.91 Å². The van der Waals surface area contributed by atoms with Gasteiger partial charge in [0, 0.05) is 25.5 Å². The molecule has 1 aromatic carbocycles. The highest BCUT2D eigenvalue weighted by Crippen LogP contribution is 2.22. The van der Waals surface area contributed by atoms with Crippen LogP contribution in [-0.2, 0) is 31.2 Å². The fourth-order valence-electron chi connectivity index (χ4n) is 3.08. The number of aryl methyl sites for hydroxylation is 2. The van der Waals surface area contributed by atoms with Crippen molar-refractivity contribution < 1.29 is 9.59 Å². The van der Waals surface area contributed by atoms with E-state index in [-0.39, 0.29) is 31.1 Å². The highest BCUT2D eigenvalue weighted by molar-refractivity contribution is 7.71. The van der Waals surface area contributed by atoms with Crippen LogP contribution in [0.5, 0.6) is 0 Å². The quantitative estimate of drug-likeness (QED) is 0.614. The second kappa shape index (κ2) is 7.74. The van der Waals surface area contributed by atoms with Crippen LogP contribution in [0.1, 0.15) is 53.0 Å². The van der Waals surface area contributed by atoms with Gasteiger partial charge in [-0.25, -0.2) is 0 Å². The minimum atomic E-state index is -0.166. The number of aromatic nitrogens is 3. The highest BCUT2D eigenvalue weighted by atomic mass is 32.1. The smallest absolute Gasteiger partial charge is 0.220 e. The van der Waals surface area contributed by atoms with Crippen molar-refractivity contribution in [3.63, 3.8) is 0 Å². The SMILES string of the molecule is Cn1c(CNC(=O)CCC(=O)c2ccc3c(c2)CCCC3)n[nH]c1=S. The number of nitrogens with zero attached hydrogens (tertiary/aromatic N) is 2. The van der Waals surface area contributed by atoms with Crippen molar-refractivity contribution in [1.29, 1.82) is 0 Å². The zero-order valence-electron chi connectivity index (χ0n) is 14.3. The summed E-state index contributed by atoms with van der Waals surface area (Å²) in [6, 6.07) is 5.95. The van der Waals surface area contributed by atoms with Crippen molar-refractivity contribution >= 4 is 23.9 Å². The van der Waals surface area contributed by atoms with Gasteiger partial charge in [0.25, 0.3) is 0 Å². The second-order valence-corrected chi connectivity index (χ2v) is 6.78. The number of benzene rings is 1. The Bertz CT molecular complexity index is 853. The highest BCUT2D eigenvalue weighted by Gasteiger charge is 2.14. The Kier molecular flexibility index (Phi) is 5.43. The van der Waals surface area contributed by atoms with E-state index >= 15 is 0 Å². The van der Waals surface area contributed by atoms with E-state index in [1.54, 1.807) is 11.6 Å². The number of nitrogens with one attached hydrogen (secondary N) is 2. The van der Waals surface area contributed by atoms with Crippen molar-refractivity contribution in [3.05, 3.63) is 45.5 Å². The van der Waals surface area contributed by atoms with Crippen molar-refractivity contribution in [1.82, 2.24) is 20.1 Å². The molecular weight excluding hydrogens is 336 g/mol. The van der Waals surface area contributed by atoms with Crippen molar-refractivity contribution in [2.24, 2.45) is 7.05 Å². The normalized spacial score (nSPS) is 13.3. The van der Waals surface area contributed by atoms with Crippen molar-refractivity contribution in [2.45, 2.75) is 45.1 Å². The van der Waals surface area contributed by atoms with E-state index in [9.17, 15) is 9.59 Å². The molecule has 2 aromatic rings. The third kappa shape index (κ3) is 4.22. The van der Waals surface area contributed by atoms with E-state index in [1.807, 2.05) is 12.1 Å². The molecule has 1 aliphatic rings. The molecule has 0 saturated carbocycles. The minimum absolute atomic E-state index is 0.0155. The Hall–Kier alpha value is -2.28. The number of carbonyl (C=O) groups is 2. The third-order valence-corrected chi connectivity index (χ3v) is 5.03. The van der Waals surface area contributed by atoms with Gasteiger partial charge in [-0.3, -0.25) is 14.7 Å². The molecule has 2 N–H and O–H groups in total. The summed E-state index contributed by atoms with van der Waals surface area (Å²) >= 11 is 5.02. The number of carbonyl (C=O) groups excluding carboxylic acids is 2. The maximum Gasteiger partial charge on any atom is 0.220 e. The molecule has 0 bridgehead atoms. The predicted octanol–water partition coefficient (Wildman–Crippen LogP) is 2.64. The number of hydrogen-bond donors (Lipinski definition) is 2. The number of H-pyrrole nitrogens is 1. The second-order valence-electron chi connectivity index (χ2n) is 6.39. The Morgan fingerprint density at radius 2 is 2.00 bits per heavy atom. The molecule has 7 heteroatoms. The molecule has 0 saturated heterocycles. The lowest BCUT2D eigenvalue weighted by atomic mass is 9.89. The van der Waals surface area contributed by atoms with Gasteiger partial charge in [0.05, 0.1) is 6.54 Å². The fourth-order valence-corrected chi connectivity index (χ4v) is 3.23. The van der Waals surface area contributed by atoms with E-state index in [0.717, 1.165) is 12.8 Å². The third-order valence-electron chi connectivity index (χ3n) is 4.67. The summed E-state index contributed by atoms with van der Waals surface area (Å²) in [6.07, 6.45) is 4.94. The zero-order chi connectivity index (χ0) is 17.8. The predicted molar refractivity (Wildman–Crippen MR) is 96.9 cm³/mol. The van der Waals surface area contributed by atoms with Gasteiger partial charge in [-0.2, -0.15) is 5.10 Å². The van der Waals surface area contributed by atoms with Crippen LogP contribution in [0, 0.1) is 4.77 Å². The van der Waals surface area contributed by atoms with E-state index in [4.69, 9.17) is 12.2 Å². The molecule has 6 nitrogen and oxygen atoms in total. The molecule has 3 rings (SSSR count). The van der Waals surface area contributed by atoms with E-state index < -0.39 is 0 Å². The molecule has 0 unspecified atom stereocenters. The molecule has 0 spiro atoms. The van der Waals surface area contributed by atoms with Crippen LogP contribution in [0.15, 0.2) is 18.2 Å². The molecule has 1 heterocycles. The van der Waals surface area contributed by atoms with Crippen LogP contribution in [0.25, 0.3) is 0 Å². The van der Waals surface area contributed by atoms with Crippen LogP contribution in [0.3, 0.4) is 0 Å². The first-order valence-corrected chi connectivity index (χ1v) is 8.97. The summed E-state index contributed by atoms with van der Waals surface area (Å²) in [5, 5.41) is 9.47. The molecule has 1 aliphatic carbocycles. The maximum atomic E-state index is 12.4. The van der Waals surface area contributed by atoms with Gasteiger partial charge in [-0.15, -0.1) is 0 Å². The van der Waals surface area contributed by atoms with E-state index in [2.05, 4.69) is 21.6 Å². The largest absolute Gasteiger partial charge is 0.349 e. The van der Waals surface area contributed by atoms with Gasteiger partial charge in [-0.05, 0) is 55.1 Å². The molecule has 0 radical (unpaired) electrons. The average Bonchev–Trinajstić information content (AvgIpc) is 2.96. The van der Waals surface area contributed by atoms with Crippen LogP contribution >= 0.6 is 12.2 Å². The van der Waals surface area contributed by atoms with Gasteiger partial charge >= 0.3 is 0 Å². The number of hydrogen-bond acceptors (Lipinski definition) is 4. The topological polar surface area (TPSA) is 79.8 Å². The molecule has 0 atom stereocenters. The molecule has 0 fully saturated rings. The summed E-state index contributed by atoms with van der Waals surface area (Å²) in [5.41, 5.74) is 3.35. The van der Waals surface area contributed by atoms with Gasteiger partial charge < -0.3 is 9.88 Å². The first-order valence-electron chi connectivity index (χ1n) is 8.56. The Balaban J connectivity index is 1.51. The Morgan fingerprint density at radius 3 is 2.72 bits per heavy atom. The van der Waals surface area contributed by atoms with Crippen LogP contribution < -0.4 is 5.32 Å². The number of ketones is 1. The lowest BCUT2D eigenvalue weighted by Gasteiger charge is -2.16. The maximum absolute atomic E-state index is 12.4. The standard InChI is InChI=1S/C18H22N4O2S/c1-22-16(20-21-18(22)25)11-19-17(24)9-8-15(23)14-7-6-12-4-2-3-5-13(12)10-14/h6-7,10H,2-5,8-9,11H2,1H3,(H,19,24)(H,21,25). The van der Waals surface area contributed by atoms with E-state index in [1.165, 1.54) is 24.0 Å². The fraction of sp³-hybridized carbons (Fsp3) is 0.444. The number of amides is 1. The number of Topliss-reactive ketones (excluding diaryl/α,β-unsaturated/α-hetero) is 1. The monoisotopic (exact) mass is 358 g/mol. The minimum Gasteiger partial charge on any atom is -0.349 e. The van der Waals surface area contributed by atoms with Crippen molar-refractivity contribution in [2.75, 3.05) is 0 Å². The molecule has 0 aliphatic heterocycles. The van der Waals surface area contributed by atoms with Gasteiger partial charge in [-0.1, -0.05) is 12.1 Å². The zero-order valence-corrected chi connectivity index (χ0v) is 15.1. The summed E-state index contributed by atoms with van der Waals surface area (Å²) in [5.74, 6) is 0.501. The summed E-state index contributed by atoms with van der Waals surface area (Å²) in [7, 11) is 1.78. The molecule has 1 amide bonds. The van der Waals surface area contributed by atoms with Gasteiger partial charge in [0.15, 0.2) is 16.4 Å². The average molecular weight is 358 g/mol. The van der Waals surface area contributed by atoms with E-state index in [0.29, 0.717) is 16.2 Å². The van der Waals surface area contributed by atoms with Gasteiger partial charge in [0.1, 0.15) is 0 Å². The molecule has 132 valence electrons. The Morgan fingerprint density at radius 1 is 1.24 bits per heavy atom. The summed E-state index contributed by atoms with van der Waals surface area (Å²) < 4.78 is 2.21. The van der Waals surface area contributed by atoms with Crippen LogP contribution in [0.2, 0.25) is 0 Å². The van der Waals surface area contributed by atoms with Crippen LogP contribution in [0.4, 0.5) is 0 Å². The molecule has 1 aromatic heterocycles. The first kappa shape index (κ1) is 17.5. The van der Waals surface area contributed by atoms with Crippen molar-refractivity contribution in [3.8, 4) is 0 Å². The summed E-state index contributed by atoms with van der Waals surface area (Å²) in [6.45, 7) is 0.287. The number of rotatable bonds is 6. The number of aromatic amines is 1. The Labute approximate surface area is 151 Å². The lowest BCUT2D eigenvalue weighted by molar-refractivity contribution is -0.121.